The molecule has 0 amide bonds. The molecule has 110 valence electrons. The van der Waals surface area contributed by atoms with E-state index in [1.54, 1.807) is 0 Å². The predicted octanol–water partition coefficient (Wildman–Crippen LogP) is 5.00. The van der Waals surface area contributed by atoms with Crippen molar-refractivity contribution in [2.75, 3.05) is 13.1 Å². The summed E-state index contributed by atoms with van der Waals surface area (Å²) in [6, 6.07) is 19.3. The molecule has 2 aromatic carbocycles. The summed E-state index contributed by atoms with van der Waals surface area (Å²) in [6.45, 7) is 8.66. The fourth-order valence-electron chi connectivity index (χ4n) is 2.30. The maximum atomic E-state index is 3.47. The molecule has 1 heteroatoms. The maximum Gasteiger partial charge on any atom is 0.0165 e. The summed E-state index contributed by atoms with van der Waals surface area (Å²) in [7, 11) is 0. The summed E-state index contributed by atoms with van der Waals surface area (Å²) < 4.78 is 0. The van der Waals surface area contributed by atoms with Crippen molar-refractivity contribution in [2.45, 2.75) is 20.8 Å². The summed E-state index contributed by atoms with van der Waals surface area (Å²) >= 11 is 0. The van der Waals surface area contributed by atoms with Gasteiger partial charge in [0.05, 0.1) is 0 Å². The predicted molar refractivity (Wildman–Crippen MR) is 93.2 cm³/mol. The summed E-state index contributed by atoms with van der Waals surface area (Å²) in [5, 5.41) is 3.47. The van der Waals surface area contributed by atoms with Crippen LogP contribution in [0.15, 0.2) is 60.2 Å². The SMILES string of the molecule is CC(=Cc1ccc(-c2ccccc2)cc1)CNCC(C)C. The Bertz CT molecular complexity index is 565. The molecule has 0 atom stereocenters. The van der Waals surface area contributed by atoms with Crippen LogP contribution in [0.2, 0.25) is 0 Å². The lowest BCUT2D eigenvalue weighted by Gasteiger charge is -2.08. The van der Waals surface area contributed by atoms with Crippen LogP contribution in [-0.2, 0) is 0 Å². The summed E-state index contributed by atoms with van der Waals surface area (Å²) in [6.07, 6.45) is 2.25. The van der Waals surface area contributed by atoms with Gasteiger partial charge in [-0.15, -0.1) is 0 Å². The van der Waals surface area contributed by atoms with E-state index >= 15 is 0 Å². The zero-order chi connectivity index (χ0) is 15.1. The Balaban J connectivity index is 1.99. The van der Waals surface area contributed by atoms with E-state index in [9.17, 15) is 0 Å². The molecule has 0 bridgehead atoms. The monoisotopic (exact) mass is 279 g/mol. The first kappa shape index (κ1) is 15.5. The number of benzene rings is 2. The first-order chi connectivity index (χ1) is 10.1. The van der Waals surface area contributed by atoms with Gasteiger partial charge >= 0.3 is 0 Å². The maximum absolute atomic E-state index is 3.47. The van der Waals surface area contributed by atoms with E-state index in [0.717, 1.165) is 13.1 Å². The summed E-state index contributed by atoms with van der Waals surface area (Å²) in [5.41, 5.74) is 5.16. The third kappa shape index (κ3) is 5.20. The Hall–Kier alpha value is -1.86. The van der Waals surface area contributed by atoms with Crippen LogP contribution in [0, 0.1) is 5.92 Å². The Labute approximate surface area is 128 Å². The van der Waals surface area contributed by atoms with Gasteiger partial charge in [-0.3, -0.25) is 0 Å². The molecule has 0 spiro atoms. The zero-order valence-electron chi connectivity index (χ0n) is 13.3. The second kappa shape index (κ2) is 7.80. The number of hydrogen-bond donors (Lipinski definition) is 1. The minimum absolute atomic E-state index is 0.697. The minimum atomic E-state index is 0.697. The van der Waals surface area contributed by atoms with E-state index in [4.69, 9.17) is 0 Å². The molecule has 0 aromatic heterocycles. The first-order valence-corrected chi connectivity index (χ1v) is 7.68. The van der Waals surface area contributed by atoms with E-state index in [1.165, 1.54) is 22.3 Å². The topological polar surface area (TPSA) is 12.0 Å². The van der Waals surface area contributed by atoms with Crippen LogP contribution in [0.25, 0.3) is 17.2 Å². The molecule has 1 N–H and O–H groups in total. The lowest BCUT2D eigenvalue weighted by atomic mass is 10.0. The van der Waals surface area contributed by atoms with Gasteiger partial charge in [0.2, 0.25) is 0 Å². The van der Waals surface area contributed by atoms with Gasteiger partial charge < -0.3 is 5.32 Å². The third-order valence-electron chi connectivity index (χ3n) is 3.39. The molecule has 0 fully saturated rings. The van der Waals surface area contributed by atoms with Crippen molar-refractivity contribution in [1.82, 2.24) is 5.32 Å². The van der Waals surface area contributed by atoms with Gasteiger partial charge in [-0.05, 0) is 36.1 Å². The van der Waals surface area contributed by atoms with Gasteiger partial charge in [-0.2, -0.15) is 0 Å². The van der Waals surface area contributed by atoms with Crippen LogP contribution >= 0.6 is 0 Å². The Kier molecular flexibility index (Phi) is 5.77. The molecule has 2 aromatic rings. The molecular weight excluding hydrogens is 254 g/mol. The van der Waals surface area contributed by atoms with Crippen molar-refractivity contribution in [1.29, 1.82) is 0 Å². The second-order valence-corrected chi connectivity index (χ2v) is 6.00. The lowest BCUT2D eigenvalue weighted by Crippen LogP contribution is -2.21. The standard InChI is InChI=1S/C20H25N/c1-16(2)14-21-15-17(3)13-18-9-11-20(12-10-18)19-7-5-4-6-8-19/h4-13,16,21H,14-15H2,1-3H3. The number of nitrogens with one attached hydrogen (secondary N) is 1. The highest BCUT2D eigenvalue weighted by Crippen LogP contribution is 2.20. The fourth-order valence-corrected chi connectivity index (χ4v) is 2.30. The number of hydrogen-bond acceptors (Lipinski definition) is 1. The van der Waals surface area contributed by atoms with Gasteiger partial charge in [-0.25, -0.2) is 0 Å². The average Bonchev–Trinajstić information content (AvgIpc) is 2.48. The van der Waals surface area contributed by atoms with Crippen molar-refractivity contribution < 1.29 is 0 Å². The van der Waals surface area contributed by atoms with Crippen LogP contribution < -0.4 is 5.32 Å². The second-order valence-electron chi connectivity index (χ2n) is 6.00. The largest absolute Gasteiger partial charge is 0.313 e. The van der Waals surface area contributed by atoms with Crippen molar-refractivity contribution in [2.24, 2.45) is 5.92 Å². The van der Waals surface area contributed by atoms with Crippen molar-refractivity contribution >= 4 is 6.08 Å². The quantitative estimate of drug-likeness (QED) is 0.784. The Morgan fingerprint density at radius 1 is 0.952 bits per heavy atom. The first-order valence-electron chi connectivity index (χ1n) is 7.68. The molecule has 0 unspecified atom stereocenters. The smallest absolute Gasteiger partial charge is 0.0165 e. The Morgan fingerprint density at radius 2 is 1.57 bits per heavy atom. The van der Waals surface area contributed by atoms with Crippen LogP contribution in [0.4, 0.5) is 0 Å². The summed E-state index contributed by atoms with van der Waals surface area (Å²) in [4.78, 5) is 0. The van der Waals surface area contributed by atoms with Gasteiger partial charge in [0.1, 0.15) is 0 Å². The van der Waals surface area contributed by atoms with Crippen LogP contribution in [-0.4, -0.2) is 13.1 Å². The molecule has 0 saturated carbocycles. The van der Waals surface area contributed by atoms with E-state index in [0.29, 0.717) is 5.92 Å². The summed E-state index contributed by atoms with van der Waals surface area (Å²) in [5.74, 6) is 0.697. The van der Waals surface area contributed by atoms with E-state index in [1.807, 2.05) is 6.07 Å². The molecule has 2 rings (SSSR count). The highest BCUT2D eigenvalue weighted by atomic mass is 14.8. The van der Waals surface area contributed by atoms with E-state index in [-0.39, 0.29) is 0 Å². The number of rotatable bonds is 6. The zero-order valence-corrected chi connectivity index (χ0v) is 13.3. The average molecular weight is 279 g/mol. The molecule has 0 radical (unpaired) electrons. The molecule has 21 heavy (non-hydrogen) atoms. The van der Waals surface area contributed by atoms with Gasteiger partial charge in [0.25, 0.3) is 0 Å². The fraction of sp³-hybridized carbons (Fsp3) is 0.300. The molecule has 1 nitrogen and oxygen atoms in total. The highest BCUT2D eigenvalue weighted by Gasteiger charge is 1.97. The van der Waals surface area contributed by atoms with Crippen LogP contribution in [0.5, 0.6) is 0 Å². The lowest BCUT2D eigenvalue weighted by molar-refractivity contribution is 0.572. The molecule has 0 aliphatic carbocycles. The van der Waals surface area contributed by atoms with Crippen LogP contribution in [0.1, 0.15) is 26.3 Å². The third-order valence-corrected chi connectivity index (χ3v) is 3.39. The normalized spacial score (nSPS) is 11.9. The minimum Gasteiger partial charge on any atom is -0.313 e. The van der Waals surface area contributed by atoms with Crippen LogP contribution in [0.3, 0.4) is 0 Å². The van der Waals surface area contributed by atoms with Crippen molar-refractivity contribution in [3.63, 3.8) is 0 Å². The Morgan fingerprint density at radius 3 is 2.19 bits per heavy atom. The molecule has 0 saturated heterocycles. The van der Waals surface area contributed by atoms with Crippen molar-refractivity contribution in [3.8, 4) is 11.1 Å². The van der Waals surface area contributed by atoms with E-state index < -0.39 is 0 Å². The van der Waals surface area contributed by atoms with Gasteiger partial charge in [-0.1, -0.05) is 80.1 Å². The van der Waals surface area contributed by atoms with Crippen molar-refractivity contribution in [3.05, 3.63) is 65.7 Å². The molecule has 0 aliphatic heterocycles. The molecule has 0 heterocycles. The molecular formula is C20H25N. The molecule has 0 aliphatic rings. The van der Waals surface area contributed by atoms with E-state index in [2.05, 4.69) is 80.7 Å². The van der Waals surface area contributed by atoms with Gasteiger partial charge in [0.15, 0.2) is 0 Å². The highest BCUT2D eigenvalue weighted by molar-refractivity contribution is 5.66. The van der Waals surface area contributed by atoms with Gasteiger partial charge in [0, 0.05) is 6.54 Å².